The van der Waals surface area contributed by atoms with E-state index in [-0.39, 0.29) is 29.8 Å². The van der Waals surface area contributed by atoms with Crippen molar-refractivity contribution in [2.24, 2.45) is 11.3 Å². The predicted octanol–water partition coefficient (Wildman–Crippen LogP) is 4.87. The van der Waals surface area contributed by atoms with Crippen LogP contribution in [0.3, 0.4) is 0 Å². The summed E-state index contributed by atoms with van der Waals surface area (Å²) in [4.78, 5) is 13.6. The number of benzene rings is 1. The molecular formula is C19H23F4NO3. The molecule has 1 saturated carbocycles. The summed E-state index contributed by atoms with van der Waals surface area (Å²) in [7, 11) is 0. The normalized spacial score (nSPS) is 19.4. The molecule has 1 aliphatic carbocycles. The molecule has 27 heavy (non-hydrogen) atoms. The van der Waals surface area contributed by atoms with Crippen molar-refractivity contribution in [3.63, 3.8) is 0 Å². The average Bonchev–Trinajstić information content (AvgIpc) is 2.42. The van der Waals surface area contributed by atoms with Gasteiger partial charge in [-0.05, 0) is 57.7 Å². The molecule has 1 heterocycles. The molecule has 0 bridgehead atoms. The maximum Gasteiger partial charge on any atom is 0.416 e. The lowest BCUT2D eigenvalue weighted by Crippen LogP contribution is -2.64. The summed E-state index contributed by atoms with van der Waals surface area (Å²) in [6.45, 7) is 6.96. The summed E-state index contributed by atoms with van der Waals surface area (Å²) in [5.41, 5.74) is -1.49. The van der Waals surface area contributed by atoms with Crippen LogP contribution in [0.4, 0.5) is 22.4 Å². The van der Waals surface area contributed by atoms with Crippen molar-refractivity contribution in [3.05, 3.63) is 29.6 Å². The number of carbonyl (C=O) groups is 1. The maximum atomic E-state index is 13.8. The summed E-state index contributed by atoms with van der Waals surface area (Å²) in [5.74, 6) is -0.987. The van der Waals surface area contributed by atoms with Crippen molar-refractivity contribution in [1.82, 2.24) is 4.90 Å². The third kappa shape index (κ3) is 4.47. The molecule has 1 aromatic rings. The summed E-state index contributed by atoms with van der Waals surface area (Å²) in [5, 5.41) is 0. The lowest BCUT2D eigenvalue weighted by atomic mass is 9.58. The van der Waals surface area contributed by atoms with Crippen LogP contribution >= 0.6 is 0 Å². The molecule has 8 heteroatoms. The van der Waals surface area contributed by atoms with Crippen LogP contribution in [0.15, 0.2) is 18.2 Å². The average molecular weight is 389 g/mol. The molecule has 1 aliphatic heterocycles. The molecule has 1 saturated heterocycles. The second kappa shape index (κ2) is 6.56. The van der Waals surface area contributed by atoms with Crippen molar-refractivity contribution in [2.75, 3.05) is 19.7 Å². The number of rotatable bonds is 3. The molecule has 0 aromatic heterocycles. The Kier molecular flexibility index (Phi) is 4.80. The van der Waals surface area contributed by atoms with Crippen molar-refractivity contribution >= 4 is 6.09 Å². The SMILES string of the molecule is CC(C)(C)OC(=O)N1CC2(CC(COc3ccc(C(F)(F)F)cc3F)C2)C1. The standard InChI is InChI=1S/C19H23F4NO3/c1-17(2,3)27-16(25)24-10-18(11-24)7-12(8-18)9-26-15-5-4-13(6-14(15)20)19(21,22)23/h4-6,12H,7-11H2,1-3H3. The molecule has 150 valence electrons. The van der Waals surface area contributed by atoms with E-state index in [0.29, 0.717) is 19.2 Å². The first-order chi connectivity index (χ1) is 12.4. The smallest absolute Gasteiger partial charge is 0.416 e. The van der Waals surface area contributed by atoms with Gasteiger partial charge in [0, 0.05) is 18.5 Å². The topological polar surface area (TPSA) is 38.8 Å². The van der Waals surface area contributed by atoms with E-state index in [4.69, 9.17) is 9.47 Å². The minimum absolute atomic E-state index is 0.0730. The van der Waals surface area contributed by atoms with Crippen LogP contribution in [0.25, 0.3) is 0 Å². The largest absolute Gasteiger partial charge is 0.490 e. The Morgan fingerprint density at radius 2 is 1.85 bits per heavy atom. The molecule has 2 aliphatic rings. The minimum Gasteiger partial charge on any atom is -0.490 e. The first kappa shape index (κ1) is 19.8. The highest BCUT2D eigenvalue weighted by Gasteiger charge is 2.54. The van der Waals surface area contributed by atoms with E-state index in [1.807, 2.05) is 20.8 Å². The Morgan fingerprint density at radius 3 is 2.37 bits per heavy atom. The number of ether oxygens (including phenoxy) is 2. The van der Waals surface area contributed by atoms with E-state index in [0.717, 1.165) is 25.0 Å². The molecular weight excluding hydrogens is 366 g/mol. The zero-order valence-electron chi connectivity index (χ0n) is 15.5. The lowest BCUT2D eigenvalue weighted by Gasteiger charge is -2.58. The molecule has 0 radical (unpaired) electrons. The third-order valence-electron chi connectivity index (χ3n) is 4.88. The number of hydrogen-bond acceptors (Lipinski definition) is 3. The number of likely N-dealkylation sites (tertiary alicyclic amines) is 1. The first-order valence-corrected chi connectivity index (χ1v) is 8.84. The van der Waals surface area contributed by atoms with Crippen LogP contribution in [-0.2, 0) is 10.9 Å². The highest BCUT2D eigenvalue weighted by molar-refractivity contribution is 5.69. The number of hydrogen-bond donors (Lipinski definition) is 0. The Morgan fingerprint density at radius 1 is 1.22 bits per heavy atom. The molecule has 1 aromatic carbocycles. The van der Waals surface area contributed by atoms with E-state index >= 15 is 0 Å². The Bertz CT molecular complexity index is 713. The van der Waals surface area contributed by atoms with Gasteiger partial charge in [0.15, 0.2) is 11.6 Å². The van der Waals surface area contributed by atoms with Crippen molar-refractivity contribution in [1.29, 1.82) is 0 Å². The zero-order chi connectivity index (χ0) is 20.0. The Hall–Kier alpha value is -1.99. The van der Waals surface area contributed by atoms with Crippen molar-refractivity contribution in [3.8, 4) is 5.75 Å². The fourth-order valence-corrected chi connectivity index (χ4v) is 3.76. The maximum absolute atomic E-state index is 13.8. The number of amides is 1. The summed E-state index contributed by atoms with van der Waals surface area (Å²) >= 11 is 0. The number of halogens is 4. The fourth-order valence-electron chi connectivity index (χ4n) is 3.76. The Balaban J connectivity index is 1.43. The van der Waals surface area contributed by atoms with Gasteiger partial charge in [-0.15, -0.1) is 0 Å². The van der Waals surface area contributed by atoms with Crippen molar-refractivity contribution in [2.45, 2.75) is 45.4 Å². The van der Waals surface area contributed by atoms with E-state index in [1.165, 1.54) is 0 Å². The van der Waals surface area contributed by atoms with Crippen LogP contribution in [-0.4, -0.2) is 36.3 Å². The van der Waals surface area contributed by atoms with Crippen LogP contribution in [0.2, 0.25) is 0 Å². The van der Waals surface area contributed by atoms with Crippen molar-refractivity contribution < 1.29 is 31.8 Å². The molecule has 1 spiro atoms. The van der Waals surface area contributed by atoms with Gasteiger partial charge in [-0.2, -0.15) is 13.2 Å². The quantitative estimate of drug-likeness (QED) is 0.693. The highest BCUT2D eigenvalue weighted by atomic mass is 19.4. The third-order valence-corrected chi connectivity index (χ3v) is 4.88. The molecule has 1 amide bonds. The molecule has 0 atom stereocenters. The van der Waals surface area contributed by atoms with Gasteiger partial charge in [-0.25, -0.2) is 9.18 Å². The van der Waals surface area contributed by atoms with Gasteiger partial charge in [0.2, 0.25) is 0 Å². The number of carbonyl (C=O) groups excluding carboxylic acids is 1. The van der Waals surface area contributed by atoms with Crippen LogP contribution in [0.5, 0.6) is 5.75 Å². The zero-order valence-corrected chi connectivity index (χ0v) is 15.5. The molecule has 2 fully saturated rings. The molecule has 3 rings (SSSR count). The molecule has 0 unspecified atom stereocenters. The molecule has 4 nitrogen and oxygen atoms in total. The summed E-state index contributed by atoms with van der Waals surface area (Å²) in [6.07, 6.45) is -3.22. The van der Waals surface area contributed by atoms with E-state index in [9.17, 15) is 22.4 Å². The van der Waals surface area contributed by atoms with E-state index in [2.05, 4.69) is 0 Å². The van der Waals surface area contributed by atoms with Gasteiger partial charge in [0.25, 0.3) is 0 Å². The lowest BCUT2D eigenvalue weighted by molar-refractivity contribution is -0.137. The summed E-state index contributed by atoms with van der Waals surface area (Å²) in [6, 6.07) is 2.27. The number of alkyl halides is 3. The van der Waals surface area contributed by atoms with Gasteiger partial charge in [0.1, 0.15) is 5.60 Å². The van der Waals surface area contributed by atoms with Crippen LogP contribution < -0.4 is 4.74 Å². The van der Waals surface area contributed by atoms with Gasteiger partial charge < -0.3 is 14.4 Å². The summed E-state index contributed by atoms with van der Waals surface area (Å²) < 4.78 is 62.1. The van der Waals surface area contributed by atoms with E-state index in [1.54, 1.807) is 4.90 Å². The highest BCUT2D eigenvalue weighted by Crippen LogP contribution is 2.52. The predicted molar refractivity (Wildman–Crippen MR) is 89.9 cm³/mol. The molecule has 0 N–H and O–H groups in total. The monoisotopic (exact) mass is 389 g/mol. The first-order valence-electron chi connectivity index (χ1n) is 8.84. The van der Waals surface area contributed by atoms with Gasteiger partial charge in [0.05, 0.1) is 12.2 Å². The number of nitrogens with zero attached hydrogens (tertiary/aromatic N) is 1. The second-order valence-corrected chi connectivity index (χ2v) is 8.56. The van der Waals surface area contributed by atoms with E-state index < -0.39 is 23.2 Å². The fraction of sp³-hybridized carbons (Fsp3) is 0.632. The van der Waals surface area contributed by atoms with Gasteiger partial charge in [-0.3, -0.25) is 0 Å². The van der Waals surface area contributed by atoms with Crippen LogP contribution in [0, 0.1) is 17.2 Å². The minimum atomic E-state index is -4.58. The van der Waals surface area contributed by atoms with Crippen LogP contribution in [0.1, 0.15) is 39.2 Å². The van der Waals surface area contributed by atoms with Gasteiger partial charge >= 0.3 is 12.3 Å². The Labute approximate surface area is 155 Å². The second-order valence-electron chi connectivity index (χ2n) is 8.56. The van der Waals surface area contributed by atoms with Gasteiger partial charge in [-0.1, -0.05) is 0 Å².